The standard InChI is InChI=1S/3C18H37O.ClH.Sn/c3*1-2-3-4-5-6-7-8-9-10-11-12-13-14-15-16-17-18-19;;/h3*2-18H2,1H3;1H;/q3*-1;;+4/p-1. The van der Waals surface area contributed by atoms with E-state index in [-0.39, 0.29) is 0 Å². The summed E-state index contributed by atoms with van der Waals surface area (Å²) in [6.07, 6.45) is 66.4. The first kappa shape index (κ1) is 60.0. The second-order valence-electron chi connectivity index (χ2n) is 18.9. The summed E-state index contributed by atoms with van der Waals surface area (Å²) in [5, 5.41) is 0. The molecule has 0 N–H and O–H groups in total. The second-order valence-corrected chi connectivity index (χ2v) is 27.3. The fourth-order valence-electron chi connectivity index (χ4n) is 8.66. The van der Waals surface area contributed by atoms with Gasteiger partial charge in [-0.1, -0.05) is 136 Å². The summed E-state index contributed by atoms with van der Waals surface area (Å²) in [4.78, 5) is 0. The van der Waals surface area contributed by atoms with Gasteiger partial charge in [0.1, 0.15) is 0 Å². The van der Waals surface area contributed by atoms with Crippen molar-refractivity contribution in [2.75, 3.05) is 19.8 Å². The van der Waals surface area contributed by atoms with E-state index in [1.165, 1.54) is 289 Å². The number of unbranched alkanes of at least 4 members (excludes halogenated alkanes) is 45. The molecular formula is C54H111ClO3Sn. The minimum absolute atomic E-state index is 0.704. The van der Waals surface area contributed by atoms with Crippen LogP contribution < -0.4 is 0 Å². The van der Waals surface area contributed by atoms with Crippen LogP contribution in [0, 0.1) is 0 Å². The molecule has 0 aliphatic heterocycles. The Balaban J connectivity index is 4.08. The van der Waals surface area contributed by atoms with Crippen molar-refractivity contribution in [3.8, 4) is 0 Å². The van der Waals surface area contributed by atoms with Crippen molar-refractivity contribution in [2.24, 2.45) is 0 Å². The zero-order valence-corrected chi connectivity index (χ0v) is 44.8. The van der Waals surface area contributed by atoms with Crippen LogP contribution >= 0.6 is 8.92 Å². The van der Waals surface area contributed by atoms with E-state index in [4.69, 9.17) is 18.1 Å². The van der Waals surface area contributed by atoms with Crippen molar-refractivity contribution in [1.82, 2.24) is 0 Å². The molecule has 0 bridgehead atoms. The molecule has 0 aromatic carbocycles. The molecule has 0 rings (SSSR count). The van der Waals surface area contributed by atoms with Gasteiger partial charge in [-0.2, -0.15) is 0 Å². The van der Waals surface area contributed by atoms with Gasteiger partial charge in [0, 0.05) is 0 Å². The molecule has 3 nitrogen and oxygen atoms in total. The van der Waals surface area contributed by atoms with Gasteiger partial charge in [0.05, 0.1) is 0 Å². The molecule has 0 aliphatic carbocycles. The smallest absolute Gasteiger partial charge is 0.0654 e. The van der Waals surface area contributed by atoms with E-state index < -0.39 is 18.5 Å². The zero-order chi connectivity index (χ0) is 42.7. The van der Waals surface area contributed by atoms with Crippen molar-refractivity contribution in [3.63, 3.8) is 0 Å². The van der Waals surface area contributed by atoms with E-state index >= 15 is 0 Å². The van der Waals surface area contributed by atoms with E-state index in [1.54, 1.807) is 0 Å². The van der Waals surface area contributed by atoms with Crippen LogP contribution in [0.3, 0.4) is 0 Å². The van der Waals surface area contributed by atoms with Crippen LogP contribution in [0.4, 0.5) is 0 Å². The summed E-state index contributed by atoms with van der Waals surface area (Å²) < 4.78 is 19.0. The van der Waals surface area contributed by atoms with Crippen LogP contribution in [-0.4, -0.2) is 38.3 Å². The van der Waals surface area contributed by atoms with Gasteiger partial charge >= 0.3 is 249 Å². The van der Waals surface area contributed by atoms with Crippen LogP contribution in [0.15, 0.2) is 0 Å². The Kier molecular flexibility index (Phi) is 54.2. The second kappa shape index (κ2) is 53.3. The Morgan fingerprint density at radius 1 is 0.203 bits per heavy atom. The molecule has 5 heteroatoms. The van der Waals surface area contributed by atoms with Crippen LogP contribution in [0.2, 0.25) is 0 Å². The first-order valence-electron chi connectivity index (χ1n) is 27.8. The van der Waals surface area contributed by atoms with Crippen LogP contribution in [-0.2, 0) is 9.22 Å². The molecule has 0 saturated heterocycles. The maximum atomic E-state index is 7.10. The summed E-state index contributed by atoms with van der Waals surface area (Å²) in [7, 11) is 7.10. The average Bonchev–Trinajstić information content (AvgIpc) is 3.24. The van der Waals surface area contributed by atoms with E-state index in [9.17, 15) is 0 Å². The number of hydrogen-bond donors (Lipinski definition) is 0. The van der Waals surface area contributed by atoms with Crippen LogP contribution in [0.25, 0.3) is 0 Å². The van der Waals surface area contributed by atoms with Crippen molar-refractivity contribution >= 4 is 27.4 Å². The number of halogens is 1. The SMILES string of the molecule is CCCCCCCCCCCCCCCCCC[O][Sn]([Cl])([O]CCCCCCCCCCCCCCCCCC)[O]CCCCCCCCCCCCCCCCCC. The summed E-state index contributed by atoms with van der Waals surface area (Å²) in [6, 6.07) is 0. The Morgan fingerprint density at radius 3 is 0.458 bits per heavy atom. The third-order valence-corrected chi connectivity index (χ3v) is 19.7. The summed E-state index contributed by atoms with van der Waals surface area (Å²) in [6.45, 7) is 9.03. The Bertz CT molecular complexity index is 645. The fourth-order valence-corrected chi connectivity index (χ4v) is 14.2. The zero-order valence-electron chi connectivity index (χ0n) is 41.2. The Hall–Kier alpha value is 0.969. The van der Waals surface area contributed by atoms with Gasteiger partial charge in [-0.25, -0.2) is 0 Å². The molecular weight excluding hydrogens is 851 g/mol. The van der Waals surface area contributed by atoms with Crippen molar-refractivity contribution < 1.29 is 9.22 Å². The maximum absolute atomic E-state index is 7.10. The third kappa shape index (κ3) is 51.5. The molecule has 0 radical (unpaired) electrons. The van der Waals surface area contributed by atoms with Crippen molar-refractivity contribution in [3.05, 3.63) is 0 Å². The van der Waals surface area contributed by atoms with Crippen LogP contribution in [0.5, 0.6) is 0 Å². The molecule has 0 spiro atoms. The summed E-state index contributed by atoms with van der Waals surface area (Å²) in [5.74, 6) is 0. The molecule has 0 amide bonds. The number of rotatable bonds is 54. The van der Waals surface area contributed by atoms with Crippen LogP contribution in [0.1, 0.15) is 329 Å². The van der Waals surface area contributed by atoms with Crippen molar-refractivity contribution in [1.29, 1.82) is 0 Å². The molecule has 0 aromatic heterocycles. The minimum Gasteiger partial charge on any atom is -0.0654 e. The van der Waals surface area contributed by atoms with Crippen molar-refractivity contribution in [2.45, 2.75) is 329 Å². The molecule has 0 atom stereocenters. The monoisotopic (exact) mass is 963 g/mol. The summed E-state index contributed by atoms with van der Waals surface area (Å²) in [5.41, 5.74) is 0. The Morgan fingerprint density at radius 2 is 0.322 bits per heavy atom. The van der Waals surface area contributed by atoms with Gasteiger partial charge in [0.2, 0.25) is 0 Å². The summed E-state index contributed by atoms with van der Waals surface area (Å²) >= 11 is -3.97. The van der Waals surface area contributed by atoms with Gasteiger partial charge in [-0.3, -0.25) is 0 Å². The van der Waals surface area contributed by atoms with E-state index in [0.29, 0.717) is 19.8 Å². The van der Waals surface area contributed by atoms with Gasteiger partial charge in [0.15, 0.2) is 0 Å². The quantitative estimate of drug-likeness (QED) is 0.0449. The third-order valence-electron chi connectivity index (χ3n) is 12.8. The molecule has 0 heterocycles. The predicted octanol–water partition coefficient (Wildman–Crippen LogP) is 20.5. The first-order chi connectivity index (χ1) is 29.2. The van der Waals surface area contributed by atoms with Gasteiger partial charge < -0.3 is 0 Å². The number of hydrogen-bond acceptors (Lipinski definition) is 3. The van der Waals surface area contributed by atoms with Gasteiger partial charge in [0.25, 0.3) is 0 Å². The van der Waals surface area contributed by atoms with Gasteiger partial charge in [-0.05, 0) is 0 Å². The van der Waals surface area contributed by atoms with E-state index in [2.05, 4.69) is 20.8 Å². The average molecular weight is 963 g/mol. The Labute approximate surface area is 383 Å². The predicted molar refractivity (Wildman–Crippen MR) is 268 cm³/mol. The fraction of sp³-hybridized carbons (Fsp3) is 1.00. The molecule has 0 fully saturated rings. The van der Waals surface area contributed by atoms with E-state index in [1.807, 2.05) is 0 Å². The molecule has 0 saturated carbocycles. The molecule has 0 aromatic rings. The van der Waals surface area contributed by atoms with Gasteiger partial charge in [-0.15, -0.1) is 0 Å². The molecule has 0 aliphatic rings. The molecule has 59 heavy (non-hydrogen) atoms. The molecule has 0 unspecified atom stereocenters. The minimum atomic E-state index is -3.97. The molecule has 356 valence electrons. The topological polar surface area (TPSA) is 27.7 Å². The normalized spacial score (nSPS) is 12.0. The first-order valence-corrected chi connectivity index (χ1v) is 34.9. The van der Waals surface area contributed by atoms with E-state index in [0.717, 1.165) is 19.3 Å².